The van der Waals surface area contributed by atoms with E-state index in [1.807, 2.05) is 0 Å². The van der Waals surface area contributed by atoms with E-state index in [4.69, 9.17) is 17.3 Å². The van der Waals surface area contributed by atoms with E-state index in [2.05, 4.69) is 5.92 Å². The fourth-order valence-corrected chi connectivity index (χ4v) is 0.214. The Bertz CT molecular complexity index is 129. The van der Waals surface area contributed by atoms with Crippen molar-refractivity contribution in [3.05, 3.63) is 0 Å². The van der Waals surface area contributed by atoms with Crippen LogP contribution in [0.2, 0.25) is 0 Å². The topological polar surface area (TPSA) is 63.3 Å². The highest BCUT2D eigenvalue weighted by Crippen LogP contribution is 1.82. The van der Waals surface area contributed by atoms with Gasteiger partial charge in [0.25, 0.3) is 0 Å². The van der Waals surface area contributed by atoms with Crippen molar-refractivity contribution in [1.29, 1.82) is 0 Å². The van der Waals surface area contributed by atoms with Crippen molar-refractivity contribution >= 4 is 18.4 Å². The minimum Gasteiger partial charge on any atom is -0.480 e. The van der Waals surface area contributed by atoms with E-state index in [0.717, 1.165) is 0 Å². The largest absolute Gasteiger partial charge is 0.480 e. The summed E-state index contributed by atoms with van der Waals surface area (Å²) >= 11 is 0. The fraction of sp³-hybridized carbons (Fsp3) is 0.400. The first-order valence-corrected chi connectivity index (χ1v) is 2.10. The van der Waals surface area contributed by atoms with Crippen LogP contribution in [-0.4, -0.2) is 17.1 Å². The average Bonchev–Trinajstić information content (AvgIpc) is 1.67. The highest BCUT2D eigenvalue weighted by Gasteiger charge is 2.07. The van der Waals surface area contributed by atoms with Crippen LogP contribution in [0.15, 0.2) is 0 Å². The summed E-state index contributed by atoms with van der Waals surface area (Å²) in [5, 5.41) is 8.09. The number of aliphatic carboxylic acids is 1. The number of carboxylic acids is 1. The lowest BCUT2D eigenvalue weighted by atomic mass is 10.2. The van der Waals surface area contributed by atoms with Gasteiger partial charge in [-0.3, -0.25) is 4.79 Å². The Kier molecular flexibility index (Phi) is 6.70. The molecule has 1 atom stereocenters. The predicted molar refractivity (Wildman–Crippen MR) is 36.3 cm³/mol. The van der Waals surface area contributed by atoms with E-state index in [1.165, 1.54) is 0 Å². The van der Waals surface area contributed by atoms with Crippen molar-refractivity contribution in [2.75, 3.05) is 0 Å². The van der Waals surface area contributed by atoms with Gasteiger partial charge in [-0.2, -0.15) is 0 Å². The van der Waals surface area contributed by atoms with Gasteiger partial charge < -0.3 is 10.8 Å². The number of halogens is 1. The van der Waals surface area contributed by atoms with Gasteiger partial charge in [0.05, 0.1) is 0 Å². The maximum absolute atomic E-state index is 9.87. The molecule has 0 saturated heterocycles. The van der Waals surface area contributed by atoms with Crippen LogP contribution in [0, 0.1) is 12.3 Å². The molecule has 0 aromatic carbocycles. The average molecular weight is 150 g/mol. The molecular formula is C5H8ClNO2. The van der Waals surface area contributed by atoms with Crippen molar-refractivity contribution in [2.24, 2.45) is 5.73 Å². The van der Waals surface area contributed by atoms with Crippen LogP contribution < -0.4 is 5.73 Å². The van der Waals surface area contributed by atoms with Gasteiger partial charge in [-0.25, -0.2) is 0 Å². The van der Waals surface area contributed by atoms with Gasteiger partial charge in [-0.1, -0.05) is 0 Å². The zero-order valence-electron chi connectivity index (χ0n) is 4.70. The first kappa shape index (κ1) is 11.1. The van der Waals surface area contributed by atoms with Crippen LogP contribution in [0.5, 0.6) is 0 Å². The van der Waals surface area contributed by atoms with Crippen molar-refractivity contribution in [2.45, 2.75) is 12.5 Å². The number of hydrogen-bond donors (Lipinski definition) is 2. The molecule has 9 heavy (non-hydrogen) atoms. The number of terminal acetylenes is 1. The second-order valence-electron chi connectivity index (χ2n) is 1.35. The molecule has 0 aliphatic heterocycles. The summed E-state index contributed by atoms with van der Waals surface area (Å²) in [6.07, 6.45) is 4.87. The molecule has 52 valence electrons. The molecule has 0 aromatic rings. The lowest BCUT2D eigenvalue weighted by molar-refractivity contribution is -0.138. The number of hydrogen-bond acceptors (Lipinski definition) is 2. The van der Waals surface area contributed by atoms with E-state index in [0.29, 0.717) is 0 Å². The van der Waals surface area contributed by atoms with Crippen LogP contribution in [0.4, 0.5) is 0 Å². The molecule has 0 rings (SSSR count). The van der Waals surface area contributed by atoms with Gasteiger partial charge in [0.2, 0.25) is 0 Å². The van der Waals surface area contributed by atoms with Crippen molar-refractivity contribution in [3.8, 4) is 12.3 Å². The Morgan fingerprint density at radius 1 is 1.89 bits per heavy atom. The molecule has 0 aliphatic carbocycles. The van der Waals surface area contributed by atoms with Crippen LogP contribution in [0.3, 0.4) is 0 Å². The molecule has 3 nitrogen and oxygen atoms in total. The summed E-state index contributed by atoms with van der Waals surface area (Å²) in [4.78, 5) is 9.87. The standard InChI is InChI=1S/C5H7NO2.ClH/c1-2-3-4(6)5(7)8;/h1,4H,3,6H2,(H,7,8);1H. The molecule has 0 aliphatic rings. The van der Waals surface area contributed by atoms with Crippen LogP contribution >= 0.6 is 12.4 Å². The van der Waals surface area contributed by atoms with Gasteiger partial charge in [0.1, 0.15) is 6.04 Å². The third-order valence-electron chi connectivity index (χ3n) is 0.655. The molecule has 0 bridgehead atoms. The second kappa shape index (κ2) is 5.42. The highest BCUT2D eigenvalue weighted by atomic mass is 35.5. The first-order valence-electron chi connectivity index (χ1n) is 2.10. The summed E-state index contributed by atoms with van der Waals surface area (Å²) in [6.45, 7) is 0. The molecule has 4 heteroatoms. The number of carbonyl (C=O) groups is 1. The minimum absolute atomic E-state index is 0. The van der Waals surface area contributed by atoms with E-state index >= 15 is 0 Å². The van der Waals surface area contributed by atoms with Crippen molar-refractivity contribution in [1.82, 2.24) is 0 Å². The molecule has 0 fully saturated rings. The Morgan fingerprint density at radius 3 is 2.44 bits per heavy atom. The van der Waals surface area contributed by atoms with Gasteiger partial charge in [0, 0.05) is 6.42 Å². The normalized spacial score (nSPS) is 10.7. The molecule has 0 radical (unpaired) electrons. The Hall–Kier alpha value is -0.720. The quantitative estimate of drug-likeness (QED) is 0.537. The molecule has 0 saturated carbocycles. The Labute approximate surface area is 59.6 Å². The predicted octanol–water partition coefficient (Wildman–Crippen LogP) is -0.157. The third-order valence-corrected chi connectivity index (χ3v) is 0.655. The van der Waals surface area contributed by atoms with Crippen LogP contribution in [0.1, 0.15) is 6.42 Å². The molecule has 3 N–H and O–H groups in total. The molecule has 1 unspecified atom stereocenters. The van der Waals surface area contributed by atoms with Gasteiger partial charge in [-0.15, -0.1) is 24.8 Å². The van der Waals surface area contributed by atoms with Gasteiger partial charge in [0.15, 0.2) is 0 Å². The molecule has 0 heterocycles. The number of nitrogens with two attached hydrogens (primary N) is 1. The molecule has 0 amide bonds. The monoisotopic (exact) mass is 149 g/mol. The van der Waals surface area contributed by atoms with Gasteiger partial charge in [-0.05, 0) is 0 Å². The Morgan fingerprint density at radius 2 is 2.33 bits per heavy atom. The zero-order chi connectivity index (χ0) is 6.57. The van der Waals surface area contributed by atoms with E-state index in [-0.39, 0.29) is 18.8 Å². The maximum atomic E-state index is 9.87. The Balaban J connectivity index is 0. The smallest absolute Gasteiger partial charge is 0.321 e. The van der Waals surface area contributed by atoms with E-state index in [1.54, 1.807) is 0 Å². The zero-order valence-corrected chi connectivity index (χ0v) is 5.52. The first-order chi connectivity index (χ1) is 3.68. The fourth-order valence-electron chi connectivity index (χ4n) is 0.214. The summed E-state index contributed by atoms with van der Waals surface area (Å²) in [5.41, 5.74) is 4.98. The lowest BCUT2D eigenvalue weighted by Gasteiger charge is -1.96. The van der Waals surface area contributed by atoms with E-state index in [9.17, 15) is 4.79 Å². The van der Waals surface area contributed by atoms with Gasteiger partial charge >= 0.3 is 5.97 Å². The minimum atomic E-state index is -1.05. The summed E-state index contributed by atoms with van der Waals surface area (Å²) in [5.74, 6) is 1.09. The molecule has 0 spiro atoms. The third kappa shape index (κ3) is 5.15. The van der Waals surface area contributed by atoms with Crippen LogP contribution in [-0.2, 0) is 4.79 Å². The number of carboxylic acid groups (broad SMARTS) is 1. The molecule has 0 aromatic heterocycles. The second-order valence-corrected chi connectivity index (χ2v) is 1.35. The molecular weight excluding hydrogens is 142 g/mol. The highest BCUT2D eigenvalue weighted by molar-refractivity contribution is 5.85. The number of rotatable bonds is 2. The lowest BCUT2D eigenvalue weighted by Crippen LogP contribution is -2.29. The summed E-state index contributed by atoms with van der Waals surface area (Å²) in [7, 11) is 0. The van der Waals surface area contributed by atoms with E-state index < -0.39 is 12.0 Å². The SMILES string of the molecule is C#CCC(N)C(=O)O.Cl. The summed E-state index contributed by atoms with van der Waals surface area (Å²) < 4.78 is 0. The van der Waals surface area contributed by atoms with Crippen molar-refractivity contribution in [3.63, 3.8) is 0 Å². The maximum Gasteiger partial charge on any atom is 0.321 e. The van der Waals surface area contributed by atoms with Crippen LogP contribution in [0.25, 0.3) is 0 Å². The summed E-state index contributed by atoms with van der Waals surface area (Å²) in [6, 6.07) is -0.903. The van der Waals surface area contributed by atoms with Crippen molar-refractivity contribution < 1.29 is 9.90 Å².